The van der Waals surface area contributed by atoms with Crippen LogP contribution < -0.4 is 10.1 Å². The van der Waals surface area contributed by atoms with Crippen LogP contribution in [0.3, 0.4) is 0 Å². The van der Waals surface area contributed by atoms with Gasteiger partial charge in [0, 0.05) is 5.69 Å². The number of unbranched alkanes of at least 4 members (excludes halogenated alkanes) is 1. The molecule has 0 saturated carbocycles. The molecule has 1 amide bonds. The molecule has 0 aliphatic carbocycles. The fourth-order valence-electron chi connectivity index (χ4n) is 1.58. The van der Waals surface area contributed by atoms with Crippen molar-refractivity contribution in [3.63, 3.8) is 0 Å². The molecule has 106 valence electrons. The maximum absolute atomic E-state index is 11.7. The lowest BCUT2D eigenvalue weighted by Gasteiger charge is -2.07. The average molecular weight is 275 g/mol. The highest BCUT2D eigenvalue weighted by Crippen LogP contribution is 2.16. The number of anilines is 1. The molecule has 1 aromatic heterocycles. The number of rotatable bonds is 7. The van der Waals surface area contributed by atoms with Crippen LogP contribution in [-0.4, -0.2) is 33.1 Å². The second kappa shape index (κ2) is 7.22. The van der Waals surface area contributed by atoms with Crippen molar-refractivity contribution < 1.29 is 9.53 Å². The summed E-state index contributed by atoms with van der Waals surface area (Å²) in [5.74, 6) is 0.975. The highest BCUT2D eigenvalue weighted by atomic mass is 16.5. The predicted molar refractivity (Wildman–Crippen MR) is 73.4 cm³/mol. The lowest BCUT2D eigenvalue weighted by molar-refractivity contribution is -0.115. The van der Waals surface area contributed by atoms with E-state index in [1.165, 1.54) is 0 Å². The number of carbonyl (C=O) groups is 1. The zero-order chi connectivity index (χ0) is 14.2. The number of tetrazole rings is 1. The van der Waals surface area contributed by atoms with E-state index >= 15 is 0 Å². The number of aromatic nitrogens is 4. The molecule has 7 heteroatoms. The summed E-state index contributed by atoms with van der Waals surface area (Å²) in [5, 5.41) is 15.9. The van der Waals surface area contributed by atoms with E-state index in [0.29, 0.717) is 18.1 Å². The van der Waals surface area contributed by atoms with Crippen molar-refractivity contribution in [2.45, 2.75) is 26.2 Å². The third-order valence-corrected chi connectivity index (χ3v) is 2.61. The Balaban J connectivity index is 1.82. The quantitative estimate of drug-likeness (QED) is 0.748. The van der Waals surface area contributed by atoms with Crippen LogP contribution in [0, 0.1) is 0 Å². The summed E-state index contributed by atoms with van der Waals surface area (Å²) in [6.07, 6.45) is 2.22. The fourth-order valence-corrected chi connectivity index (χ4v) is 1.58. The van der Waals surface area contributed by atoms with Crippen molar-refractivity contribution in [2.24, 2.45) is 0 Å². The number of nitrogens with zero attached hydrogens (tertiary/aromatic N) is 3. The van der Waals surface area contributed by atoms with Gasteiger partial charge in [-0.05, 0) is 30.7 Å². The van der Waals surface area contributed by atoms with Crippen LogP contribution >= 0.6 is 0 Å². The molecule has 0 spiro atoms. The minimum atomic E-state index is -0.189. The van der Waals surface area contributed by atoms with E-state index in [1.807, 2.05) is 12.1 Å². The number of hydrogen-bond acceptors (Lipinski definition) is 5. The predicted octanol–water partition coefficient (Wildman–Crippen LogP) is 1.56. The van der Waals surface area contributed by atoms with E-state index in [4.69, 9.17) is 4.74 Å². The van der Waals surface area contributed by atoms with Crippen LogP contribution in [-0.2, 0) is 11.2 Å². The molecule has 1 aromatic carbocycles. The molecule has 0 saturated heterocycles. The van der Waals surface area contributed by atoms with Gasteiger partial charge in [0.2, 0.25) is 5.91 Å². The number of carbonyl (C=O) groups excluding carboxylic acids is 1. The summed E-state index contributed by atoms with van der Waals surface area (Å²) in [6.45, 7) is 2.83. The van der Waals surface area contributed by atoms with Crippen molar-refractivity contribution in [3.8, 4) is 5.75 Å². The topological polar surface area (TPSA) is 92.8 Å². The first-order chi connectivity index (χ1) is 9.78. The number of amides is 1. The minimum Gasteiger partial charge on any atom is -0.494 e. The van der Waals surface area contributed by atoms with E-state index in [1.54, 1.807) is 12.1 Å². The number of benzene rings is 1. The molecule has 20 heavy (non-hydrogen) atoms. The highest BCUT2D eigenvalue weighted by molar-refractivity contribution is 5.91. The Morgan fingerprint density at radius 3 is 2.80 bits per heavy atom. The molecule has 2 rings (SSSR count). The Morgan fingerprint density at radius 1 is 1.35 bits per heavy atom. The molecule has 0 unspecified atom stereocenters. The fraction of sp³-hybridized carbons (Fsp3) is 0.385. The van der Waals surface area contributed by atoms with Gasteiger partial charge in [-0.2, -0.15) is 5.21 Å². The summed E-state index contributed by atoms with van der Waals surface area (Å²) in [5.41, 5.74) is 0.710. The van der Waals surface area contributed by atoms with Crippen LogP contribution in [0.4, 0.5) is 5.69 Å². The molecule has 2 aromatic rings. The van der Waals surface area contributed by atoms with Crippen molar-refractivity contribution in [1.29, 1.82) is 0 Å². The summed E-state index contributed by atoms with van der Waals surface area (Å²) in [4.78, 5) is 11.7. The van der Waals surface area contributed by atoms with Gasteiger partial charge in [0.25, 0.3) is 0 Å². The molecule has 0 fully saturated rings. The van der Waals surface area contributed by atoms with Crippen molar-refractivity contribution in [1.82, 2.24) is 20.6 Å². The lowest BCUT2D eigenvalue weighted by Crippen LogP contribution is -2.15. The SMILES string of the molecule is CCCCOc1ccc(NC(=O)Cc2nn[nH]n2)cc1. The lowest BCUT2D eigenvalue weighted by atomic mass is 10.3. The van der Waals surface area contributed by atoms with E-state index in [0.717, 1.165) is 18.6 Å². The van der Waals surface area contributed by atoms with Gasteiger partial charge in [0.05, 0.1) is 13.0 Å². The third kappa shape index (κ3) is 4.34. The Kier molecular flexibility index (Phi) is 5.05. The molecule has 0 bridgehead atoms. The van der Waals surface area contributed by atoms with Gasteiger partial charge in [-0.25, -0.2) is 0 Å². The smallest absolute Gasteiger partial charge is 0.232 e. The number of aromatic amines is 1. The monoisotopic (exact) mass is 275 g/mol. The number of nitrogens with one attached hydrogen (secondary N) is 2. The van der Waals surface area contributed by atoms with E-state index in [-0.39, 0.29) is 12.3 Å². The molecule has 2 N–H and O–H groups in total. The van der Waals surface area contributed by atoms with Gasteiger partial charge in [0.15, 0.2) is 5.82 Å². The summed E-state index contributed by atoms with van der Waals surface area (Å²) in [7, 11) is 0. The van der Waals surface area contributed by atoms with E-state index < -0.39 is 0 Å². The molecule has 7 nitrogen and oxygen atoms in total. The maximum atomic E-state index is 11.7. The highest BCUT2D eigenvalue weighted by Gasteiger charge is 2.07. The van der Waals surface area contributed by atoms with Crippen LogP contribution in [0.5, 0.6) is 5.75 Å². The van der Waals surface area contributed by atoms with Gasteiger partial charge < -0.3 is 10.1 Å². The van der Waals surface area contributed by atoms with Gasteiger partial charge in [-0.3, -0.25) is 4.79 Å². The van der Waals surface area contributed by atoms with Gasteiger partial charge in [0.1, 0.15) is 5.75 Å². The molecular formula is C13H17N5O2. The first kappa shape index (κ1) is 14.0. The summed E-state index contributed by atoms with van der Waals surface area (Å²) >= 11 is 0. The Morgan fingerprint density at radius 2 is 2.15 bits per heavy atom. The molecule has 0 radical (unpaired) electrons. The normalized spacial score (nSPS) is 10.2. The summed E-state index contributed by atoms with van der Waals surface area (Å²) < 4.78 is 5.55. The zero-order valence-corrected chi connectivity index (χ0v) is 11.3. The van der Waals surface area contributed by atoms with E-state index in [9.17, 15) is 4.79 Å². The Hall–Kier alpha value is -2.44. The van der Waals surface area contributed by atoms with Gasteiger partial charge in [-0.15, -0.1) is 10.2 Å². The van der Waals surface area contributed by atoms with Crippen LogP contribution in [0.2, 0.25) is 0 Å². The van der Waals surface area contributed by atoms with Crippen LogP contribution in [0.25, 0.3) is 0 Å². The average Bonchev–Trinajstić information content (AvgIpc) is 2.94. The van der Waals surface area contributed by atoms with Crippen molar-refractivity contribution >= 4 is 11.6 Å². The molecule has 0 atom stereocenters. The minimum absolute atomic E-state index is 0.0885. The molecule has 1 heterocycles. The van der Waals surface area contributed by atoms with Gasteiger partial charge in [-0.1, -0.05) is 18.6 Å². The Bertz CT molecular complexity index is 524. The maximum Gasteiger partial charge on any atom is 0.232 e. The van der Waals surface area contributed by atoms with Crippen LogP contribution in [0.1, 0.15) is 25.6 Å². The molecular weight excluding hydrogens is 258 g/mol. The standard InChI is InChI=1S/C13H17N5O2/c1-2-3-8-20-11-6-4-10(5-7-11)14-13(19)9-12-15-17-18-16-12/h4-7H,2-3,8-9H2,1H3,(H,14,19)(H,15,16,17,18). The molecule has 0 aliphatic heterocycles. The largest absolute Gasteiger partial charge is 0.494 e. The molecule has 0 aliphatic rings. The van der Waals surface area contributed by atoms with Gasteiger partial charge >= 0.3 is 0 Å². The zero-order valence-electron chi connectivity index (χ0n) is 11.3. The van der Waals surface area contributed by atoms with Crippen LogP contribution in [0.15, 0.2) is 24.3 Å². The number of hydrogen-bond donors (Lipinski definition) is 2. The number of ether oxygens (including phenoxy) is 1. The van der Waals surface area contributed by atoms with Crippen molar-refractivity contribution in [3.05, 3.63) is 30.1 Å². The van der Waals surface area contributed by atoms with E-state index in [2.05, 4.69) is 32.9 Å². The first-order valence-electron chi connectivity index (χ1n) is 6.53. The third-order valence-electron chi connectivity index (χ3n) is 2.61. The summed E-state index contributed by atoms with van der Waals surface area (Å²) in [6, 6.07) is 7.27. The second-order valence-corrected chi connectivity index (χ2v) is 4.28. The Labute approximate surface area is 116 Å². The second-order valence-electron chi connectivity index (χ2n) is 4.28. The van der Waals surface area contributed by atoms with Crippen molar-refractivity contribution in [2.75, 3.05) is 11.9 Å². The first-order valence-corrected chi connectivity index (χ1v) is 6.53. The number of H-pyrrole nitrogens is 1.